The second-order valence-corrected chi connectivity index (χ2v) is 11.2. The zero-order chi connectivity index (χ0) is 27.3. The fourth-order valence-corrected chi connectivity index (χ4v) is 6.08. The number of hydrogen-bond donors (Lipinski definition) is 4. The van der Waals surface area contributed by atoms with Crippen molar-refractivity contribution in [1.82, 2.24) is 25.3 Å². The van der Waals surface area contributed by atoms with Gasteiger partial charge >= 0.3 is 0 Å². The summed E-state index contributed by atoms with van der Waals surface area (Å²) in [6.45, 7) is 9.71. The highest BCUT2D eigenvalue weighted by Crippen LogP contribution is 2.37. The van der Waals surface area contributed by atoms with Crippen LogP contribution in [0.3, 0.4) is 0 Å². The number of benzene rings is 2. The summed E-state index contributed by atoms with van der Waals surface area (Å²) in [5.41, 5.74) is 19.5. The molecular weight excluding hydrogens is 484 g/mol. The molecule has 0 spiro atoms. The SMILES string of the molecule is Cc1ccc(C2(CN)CCN(c3ncnc4nc[nH]c34)CC2)cc1.Cc1ccc(C2(CN)CCNCC2)cc1. The predicted octanol–water partition coefficient (Wildman–Crippen LogP) is 3.73. The van der Waals surface area contributed by atoms with E-state index in [1.165, 1.54) is 22.3 Å². The van der Waals surface area contributed by atoms with Crippen molar-refractivity contribution >= 4 is 17.0 Å². The number of aromatic amines is 1. The molecule has 0 atom stereocenters. The summed E-state index contributed by atoms with van der Waals surface area (Å²) < 4.78 is 0. The highest BCUT2D eigenvalue weighted by Gasteiger charge is 2.36. The molecule has 2 fully saturated rings. The molecule has 2 aliphatic heterocycles. The van der Waals surface area contributed by atoms with E-state index >= 15 is 0 Å². The van der Waals surface area contributed by atoms with E-state index in [1.807, 2.05) is 0 Å². The van der Waals surface area contributed by atoms with Crippen molar-refractivity contribution in [3.63, 3.8) is 0 Å². The first-order valence-corrected chi connectivity index (χ1v) is 14.1. The third-order valence-electron chi connectivity index (χ3n) is 8.89. The van der Waals surface area contributed by atoms with Gasteiger partial charge in [-0.25, -0.2) is 15.0 Å². The van der Waals surface area contributed by atoms with Gasteiger partial charge in [0, 0.05) is 37.0 Å². The van der Waals surface area contributed by atoms with Crippen LogP contribution in [0, 0.1) is 13.8 Å². The summed E-state index contributed by atoms with van der Waals surface area (Å²) in [5, 5.41) is 3.40. The van der Waals surface area contributed by atoms with Gasteiger partial charge in [-0.3, -0.25) is 0 Å². The summed E-state index contributed by atoms with van der Waals surface area (Å²) in [4.78, 5) is 18.4. The third-order valence-corrected chi connectivity index (χ3v) is 8.89. The number of aryl methyl sites for hydroxylation is 2. The lowest BCUT2D eigenvalue weighted by Crippen LogP contribution is -2.47. The zero-order valence-corrected chi connectivity index (χ0v) is 23.3. The number of nitrogens with two attached hydrogens (primary N) is 2. The zero-order valence-electron chi connectivity index (χ0n) is 23.3. The molecule has 0 bridgehead atoms. The minimum absolute atomic E-state index is 0.0599. The van der Waals surface area contributed by atoms with E-state index in [0.717, 1.165) is 69.7 Å². The van der Waals surface area contributed by atoms with Gasteiger partial charge in [-0.15, -0.1) is 0 Å². The van der Waals surface area contributed by atoms with Gasteiger partial charge < -0.3 is 26.7 Å². The molecule has 2 aromatic carbocycles. The number of H-pyrrole nitrogens is 1. The fraction of sp³-hybridized carbons (Fsp3) is 0.452. The van der Waals surface area contributed by atoms with Gasteiger partial charge in [0.2, 0.25) is 0 Å². The largest absolute Gasteiger partial charge is 0.355 e. The molecule has 39 heavy (non-hydrogen) atoms. The Kier molecular flexibility index (Phi) is 8.26. The normalized spacial score (nSPS) is 18.4. The lowest BCUT2D eigenvalue weighted by molar-refractivity contribution is 0.315. The fourth-order valence-electron chi connectivity index (χ4n) is 6.08. The molecule has 6 N–H and O–H groups in total. The second kappa shape index (κ2) is 11.8. The summed E-state index contributed by atoms with van der Waals surface area (Å²) in [7, 11) is 0. The molecule has 4 aromatic rings. The average Bonchev–Trinajstić information content (AvgIpc) is 3.48. The number of anilines is 1. The molecule has 4 heterocycles. The molecule has 0 amide bonds. The topological polar surface area (TPSA) is 122 Å². The summed E-state index contributed by atoms with van der Waals surface area (Å²) in [6, 6.07) is 17.7. The number of nitrogens with zero attached hydrogens (tertiary/aromatic N) is 4. The smallest absolute Gasteiger partial charge is 0.182 e. The van der Waals surface area contributed by atoms with Crippen molar-refractivity contribution < 1.29 is 0 Å². The number of rotatable bonds is 5. The third kappa shape index (κ3) is 5.69. The first kappa shape index (κ1) is 27.2. The molecule has 6 rings (SSSR count). The number of fused-ring (bicyclic) bond motifs is 1. The van der Waals surface area contributed by atoms with Crippen molar-refractivity contribution in [2.24, 2.45) is 11.5 Å². The monoisotopic (exact) mass is 526 g/mol. The van der Waals surface area contributed by atoms with Crippen LogP contribution in [0.2, 0.25) is 0 Å². The van der Waals surface area contributed by atoms with E-state index in [2.05, 4.69) is 92.5 Å². The molecule has 2 aromatic heterocycles. The van der Waals surface area contributed by atoms with Gasteiger partial charge in [0.1, 0.15) is 11.8 Å². The van der Waals surface area contributed by atoms with Crippen molar-refractivity contribution in [2.75, 3.05) is 44.2 Å². The van der Waals surface area contributed by atoms with E-state index in [1.54, 1.807) is 12.7 Å². The maximum atomic E-state index is 6.21. The van der Waals surface area contributed by atoms with Crippen LogP contribution >= 0.6 is 0 Å². The van der Waals surface area contributed by atoms with Gasteiger partial charge in [-0.1, -0.05) is 59.7 Å². The lowest BCUT2D eigenvalue weighted by atomic mass is 9.72. The Balaban J connectivity index is 0.000000177. The van der Waals surface area contributed by atoms with Gasteiger partial charge in [-0.05, 0) is 63.7 Å². The number of nitrogens with one attached hydrogen (secondary N) is 2. The van der Waals surface area contributed by atoms with E-state index < -0.39 is 0 Å². The molecule has 2 saturated heterocycles. The quantitative estimate of drug-likeness (QED) is 0.313. The van der Waals surface area contributed by atoms with Crippen LogP contribution in [0.25, 0.3) is 11.2 Å². The molecule has 0 aliphatic carbocycles. The maximum Gasteiger partial charge on any atom is 0.182 e. The molecule has 8 nitrogen and oxygen atoms in total. The van der Waals surface area contributed by atoms with Gasteiger partial charge in [0.05, 0.1) is 6.33 Å². The average molecular weight is 527 g/mol. The first-order valence-electron chi connectivity index (χ1n) is 14.1. The van der Waals surface area contributed by atoms with Crippen LogP contribution in [-0.4, -0.2) is 59.2 Å². The van der Waals surface area contributed by atoms with Crippen LogP contribution in [0.5, 0.6) is 0 Å². The maximum absolute atomic E-state index is 6.21. The Hall–Kier alpha value is -3.33. The standard InChI is InChI=1S/C18H22N6.C13H20N2/c1-13-2-4-14(5-3-13)18(10-19)6-8-24(9-7-18)17-15-16(21-11-20-15)22-12-23-17;1-11-2-4-12(5-3-11)13(10-14)6-8-15-9-7-13/h2-5,11-12H,6-10,19H2,1H3,(H,20,21,22,23);2-5,15H,6-10,14H2,1H3. The highest BCUT2D eigenvalue weighted by atomic mass is 15.2. The first-order chi connectivity index (χ1) is 19.0. The summed E-state index contributed by atoms with van der Waals surface area (Å²) >= 11 is 0. The van der Waals surface area contributed by atoms with E-state index in [9.17, 15) is 0 Å². The second-order valence-electron chi connectivity index (χ2n) is 11.2. The summed E-state index contributed by atoms with van der Waals surface area (Å²) in [6.07, 6.45) is 7.62. The van der Waals surface area contributed by atoms with Crippen LogP contribution in [0.15, 0.2) is 61.2 Å². The predicted molar refractivity (Wildman–Crippen MR) is 159 cm³/mol. The summed E-state index contributed by atoms with van der Waals surface area (Å²) in [5.74, 6) is 0.937. The Morgan fingerprint density at radius 3 is 1.82 bits per heavy atom. The number of aromatic nitrogens is 4. The van der Waals surface area contributed by atoms with Gasteiger partial charge in [0.15, 0.2) is 11.5 Å². The molecule has 8 heteroatoms. The Bertz CT molecular complexity index is 1330. The van der Waals surface area contributed by atoms with Crippen molar-refractivity contribution in [3.05, 3.63) is 83.4 Å². The molecule has 0 unspecified atom stereocenters. The Morgan fingerprint density at radius 2 is 1.28 bits per heavy atom. The Labute approximate surface area is 231 Å². The van der Waals surface area contributed by atoms with E-state index in [0.29, 0.717) is 12.2 Å². The van der Waals surface area contributed by atoms with Crippen LogP contribution in [-0.2, 0) is 10.8 Å². The number of piperidine rings is 2. The lowest BCUT2D eigenvalue weighted by Gasteiger charge is -2.42. The van der Waals surface area contributed by atoms with Crippen LogP contribution in [0.1, 0.15) is 47.9 Å². The van der Waals surface area contributed by atoms with Crippen LogP contribution < -0.4 is 21.7 Å². The Morgan fingerprint density at radius 1 is 0.744 bits per heavy atom. The minimum atomic E-state index is 0.0599. The highest BCUT2D eigenvalue weighted by molar-refractivity contribution is 5.82. The molecule has 0 radical (unpaired) electrons. The molecule has 206 valence electrons. The minimum Gasteiger partial charge on any atom is -0.355 e. The van der Waals surface area contributed by atoms with Crippen molar-refractivity contribution in [3.8, 4) is 0 Å². The molecule has 2 aliphatic rings. The molecule has 0 saturated carbocycles. The van der Waals surface area contributed by atoms with Gasteiger partial charge in [-0.2, -0.15) is 0 Å². The number of hydrogen-bond acceptors (Lipinski definition) is 7. The van der Waals surface area contributed by atoms with Gasteiger partial charge in [0.25, 0.3) is 0 Å². The van der Waals surface area contributed by atoms with E-state index in [4.69, 9.17) is 11.5 Å². The van der Waals surface area contributed by atoms with Crippen molar-refractivity contribution in [1.29, 1.82) is 0 Å². The van der Waals surface area contributed by atoms with Crippen molar-refractivity contribution in [2.45, 2.75) is 50.4 Å². The van der Waals surface area contributed by atoms with E-state index in [-0.39, 0.29) is 10.8 Å². The van der Waals surface area contributed by atoms with Crippen LogP contribution in [0.4, 0.5) is 5.82 Å². The molecular formula is C31H42N8. The number of imidazole rings is 1.